The van der Waals surface area contributed by atoms with Gasteiger partial charge in [-0.1, -0.05) is 6.42 Å². The molecule has 1 amide bonds. The van der Waals surface area contributed by atoms with Gasteiger partial charge in [-0.2, -0.15) is 0 Å². The monoisotopic (exact) mass is 270 g/mol. The van der Waals surface area contributed by atoms with Crippen molar-refractivity contribution in [3.63, 3.8) is 0 Å². The Morgan fingerprint density at radius 2 is 2.00 bits per heavy atom. The van der Waals surface area contributed by atoms with E-state index in [1.165, 1.54) is 0 Å². The second-order valence-corrected chi connectivity index (χ2v) is 4.59. The number of nitrogens with two attached hydrogens (primary N) is 1. The van der Waals surface area contributed by atoms with Gasteiger partial charge in [0.25, 0.3) is 5.91 Å². The Morgan fingerprint density at radius 1 is 1.33 bits per heavy atom. The van der Waals surface area contributed by atoms with Crippen molar-refractivity contribution >= 4 is 24.0 Å². The molecule has 1 fully saturated rings. The fourth-order valence-electron chi connectivity index (χ4n) is 2.22. The number of carbonyl (C=O) groups excluding carboxylic acids is 1. The molecule has 1 aromatic rings. The number of nitrogen functional groups attached to an aromatic ring is 1. The van der Waals surface area contributed by atoms with Gasteiger partial charge < -0.3 is 16.2 Å². The second-order valence-electron chi connectivity index (χ2n) is 4.59. The van der Waals surface area contributed by atoms with Crippen LogP contribution in [0.25, 0.3) is 0 Å². The van der Waals surface area contributed by atoms with Crippen LogP contribution in [0.3, 0.4) is 0 Å². The minimum Gasteiger partial charge on any atom is -0.399 e. The third-order valence-corrected chi connectivity index (χ3v) is 3.32. The number of aliphatic hydroxyl groups excluding tert-OH is 1. The van der Waals surface area contributed by atoms with Crippen molar-refractivity contribution in [3.8, 4) is 0 Å². The molecule has 2 atom stereocenters. The summed E-state index contributed by atoms with van der Waals surface area (Å²) in [6.07, 6.45) is 2.62. The molecule has 1 aliphatic rings. The van der Waals surface area contributed by atoms with Crippen LogP contribution < -0.4 is 11.1 Å². The van der Waals surface area contributed by atoms with E-state index in [2.05, 4.69) is 5.32 Å². The predicted molar refractivity (Wildman–Crippen MR) is 73.8 cm³/mol. The highest BCUT2D eigenvalue weighted by Gasteiger charge is 2.25. The Labute approximate surface area is 113 Å². The standard InChI is InChI=1S/C13H18N2O2.ClH/c14-11-6-4-9(5-7-11)13(17)15-8-10-2-1-3-12(10)16;/h4-7,10,12,16H,1-3,8,14H2,(H,15,17);1H. The molecule has 2 rings (SSSR count). The number of aliphatic hydroxyl groups is 1. The van der Waals surface area contributed by atoms with E-state index >= 15 is 0 Å². The van der Waals surface area contributed by atoms with Crippen LogP contribution in [0.1, 0.15) is 29.6 Å². The van der Waals surface area contributed by atoms with Gasteiger partial charge in [-0.3, -0.25) is 4.79 Å². The lowest BCUT2D eigenvalue weighted by Gasteiger charge is -2.15. The summed E-state index contributed by atoms with van der Waals surface area (Å²) < 4.78 is 0. The van der Waals surface area contributed by atoms with Gasteiger partial charge in [-0.05, 0) is 37.1 Å². The Bertz CT molecular complexity index is 394. The van der Waals surface area contributed by atoms with E-state index in [1.54, 1.807) is 24.3 Å². The first-order valence-corrected chi connectivity index (χ1v) is 5.98. The second kappa shape index (κ2) is 6.61. The number of halogens is 1. The molecular weight excluding hydrogens is 252 g/mol. The summed E-state index contributed by atoms with van der Waals surface area (Å²) in [5.74, 6) is 0.0943. The molecule has 1 aromatic carbocycles. The molecule has 18 heavy (non-hydrogen) atoms. The van der Waals surface area contributed by atoms with Crippen molar-refractivity contribution in [1.29, 1.82) is 0 Å². The summed E-state index contributed by atoms with van der Waals surface area (Å²) in [5, 5.41) is 12.5. The highest BCUT2D eigenvalue weighted by atomic mass is 35.5. The summed E-state index contributed by atoms with van der Waals surface area (Å²) in [7, 11) is 0. The molecule has 1 aliphatic carbocycles. The van der Waals surface area contributed by atoms with E-state index in [-0.39, 0.29) is 30.3 Å². The molecule has 0 aliphatic heterocycles. The minimum absolute atomic E-state index is 0. The molecule has 0 heterocycles. The summed E-state index contributed by atoms with van der Waals surface area (Å²) >= 11 is 0. The van der Waals surface area contributed by atoms with E-state index < -0.39 is 0 Å². The van der Waals surface area contributed by atoms with Gasteiger partial charge in [0.05, 0.1) is 6.10 Å². The van der Waals surface area contributed by atoms with Gasteiger partial charge >= 0.3 is 0 Å². The normalized spacial score (nSPS) is 22.3. The van der Waals surface area contributed by atoms with Crippen molar-refractivity contribution in [2.75, 3.05) is 12.3 Å². The average molecular weight is 271 g/mol. The summed E-state index contributed by atoms with van der Waals surface area (Å²) in [6.45, 7) is 0.546. The largest absolute Gasteiger partial charge is 0.399 e. The van der Waals surface area contributed by atoms with Crippen LogP contribution in [0.15, 0.2) is 24.3 Å². The number of nitrogens with one attached hydrogen (secondary N) is 1. The fraction of sp³-hybridized carbons (Fsp3) is 0.462. The van der Waals surface area contributed by atoms with Crippen molar-refractivity contribution in [2.45, 2.75) is 25.4 Å². The van der Waals surface area contributed by atoms with Gasteiger partial charge in [0.15, 0.2) is 0 Å². The predicted octanol–water partition coefficient (Wildman–Crippen LogP) is 1.58. The molecule has 4 nitrogen and oxygen atoms in total. The fourth-order valence-corrected chi connectivity index (χ4v) is 2.22. The number of anilines is 1. The number of carbonyl (C=O) groups is 1. The van der Waals surface area contributed by atoms with Gasteiger partial charge in [0.1, 0.15) is 0 Å². The third-order valence-electron chi connectivity index (χ3n) is 3.32. The molecule has 5 heteroatoms. The van der Waals surface area contributed by atoms with Crippen molar-refractivity contribution in [1.82, 2.24) is 5.32 Å². The average Bonchev–Trinajstić information content (AvgIpc) is 2.73. The molecule has 0 radical (unpaired) electrons. The maximum Gasteiger partial charge on any atom is 0.251 e. The maximum atomic E-state index is 11.8. The zero-order valence-electron chi connectivity index (χ0n) is 10.1. The third kappa shape index (κ3) is 3.62. The summed E-state index contributed by atoms with van der Waals surface area (Å²) in [6, 6.07) is 6.82. The van der Waals surface area contributed by atoms with Gasteiger partial charge in [-0.25, -0.2) is 0 Å². The summed E-state index contributed by atoms with van der Waals surface area (Å²) in [4.78, 5) is 11.8. The number of hydrogen-bond acceptors (Lipinski definition) is 3. The lowest BCUT2D eigenvalue weighted by Crippen LogP contribution is -2.32. The number of benzene rings is 1. The molecule has 0 spiro atoms. The van der Waals surface area contributed by atoms with Crippen molar-refractivity contribution in [2.24, 2.45) is 5.92 Å². The van der Waals surface area contributed by atoms with E-state index in [0.29, 0.717) is 17.8 Å². The SMILES string of the molecule is Cl.Nc1ccc(C(=O)NCC2CCCC2O)cc1. The van der Waals surface area contributed by atoms with Crippen LogP contribution in [0.5, 0.6) is 0 Å². The first kappa shape index (κ1) is 14.8. The Kier molecular flexibility index (Phi) is 5.44. The van der Waals surface area contributed by atoms with E-state index in [0.717, 1.165) is 19.3 Å². The molecule has 4 N–H and O–H groups in total. The van der Waals surface area contributed by atoms with Gasteiger partial charge in [-0.15, -0.1) is 12.4 Å². The van der Waals surface area contributed by atoms with Crippen LogP contribution in [0.4, 0.5) is 5.69 Å². The Balaban J connectivity index is 0.00000162. The molecule has 1 saturated carbocycles. The van der Waals surface area contributed by atoms with Crippen molar-refractivity contribution in [3.05, 3.63) is 29.8 Å². The quantitative estimate of drug-likeness (QED) is 0.730. The molecule has 0 aromatic heterocycles. The van der Waals surface area contributed by atoms with Gasteiger partial charge in [0.2, 0.25) is 0 Å². The highest BCUT2D eigenvalue weighted by molar-refractivity contribution is 5.94. The van der Waals surface area contributed by atoms with Crippen LogP contribution in [-0.4, -0.2) is 23.7 Å². The molecule has 0 saturated heterocycles. The molecular formula is C13H19ClN2O2. The molecule has 2 unspecified atom stereocenters. The van der Waals surface area contributed by atoms with E-state index in [1.807, 2.05) is 0 Å². The zero-order valence-corrected chi connectivity index (χ0v) is 11.0. The minimum atomic E-state index is -0.262. The number of hydrogen-bond donors (Lipinski definition) is 3. The van der Waals surface area contributed by atoms with Crippen LogP contribution in [0, 0.1) is 5.92 Å². The highest BCUT2D eigenvalue weighted by Crippen LogP contribution is 2.24. The smallest absolute Gasteiger partial charge is 0.251 e. The number of rotatable bonds is 3. The molecule has 0 bridgehead atoms. The summed E-state index contributed by atoms with van der Waals surface area (Å²) in [5.41, 5.74) is 6.80. The van der Waals surface area contributed by atoms with E-state index in [4.69, 9.17) is 5.73 Å². The lowest BCUT2D eigenvalue weighted by atomic mass is 10.1. The van der Waals surface area contributed by atoms with E-state index in [9.17, 15) is 9.90 Å². The number of amides is 1. The topological polar surface area (TPSA) is 75.4 Å². The Hall–Kier alpha value is -1.26. The molecule has 100 valence electrons. The maximum absolute atomic E-state index is 11.8. The van der Waals surface area contributed by atoms with Crippen molar-refractivity contribution < 1.29 is 9.90 Å². The van der Waals surface area contributed by atoms with Crippen LogP contribution in [-0.2, 0) is 0 Å². The lowest BCUT2D eigenvalue weighted by molar-refractivity contribution is 0.0917. The van der Waals surface area contributed by atoms with Crippen LogP contribution >= 0.6 is 12.4 Å². The van der Waals surface area contributed by atoms with Crippen LogP contribution in [0.2, 0.25) is 0 Å². The first-order valence-electron chi connectivity index (χ1n) is 5.98. The van der Waals surface area contributed by atoms with Gasteiger partial charge in [0, 0.05) is 23.7 Å². The first-order chi connectivity index (χ1) is 8.16. The zero-order chi connectivity index (χ0) is 12.3. The Morgan fingerprint density at radius 3 is 2.56 bits per heavy atom.